The Bertz CT molecular complexity index is 5350. The van der Waals surface area contributed by atoms with E-state index in [1.54, 1.807) is 0 Å². The second kappa shape index (κ2) is 19.5. The van der Waals surface area contributed by atoms with Crippen molar-refractivity contribution >= 4 is 66.8 Å². The molecule has 2 aliphatic carbocycles. The normalized spacial score (nSPS) is 14.0. The number of nitrogens with zero attached hydrogens (tertiary/aromatic N) is 2. The molecule has 0 amide bonds. The second-order valence-corrected chi connectivity index (χ2v) is 24.7. The third-order valence-corrected chi connectivity index (χ3v) is 18.8. The van der Waals surface area contributed by atoms with Crippen LogP contribution in [0.15, 0.2) is 271 Å². The molecular weight excluding hydrogens is 1110 g/mol. The Morgan fingerprint density at radius 1 is 0.256 bits per heavy atom. The van der Waals surface area contributed by atoms with Crippen molar-refractivity contribution < 1.29 is 28.1 Å². The minimum Gasteiger partial charge on any atom is -0.456 e. The van der Waals surface area contributed by atoms with Crippen molar-refractivity contribution in [1.29, 1.82) is 0 Å². The SMILES string of the molecule is CC1(C)c2ccccc2-c2ccc(N(c3ccc4c(c3)oc3ccccc34)c3cccc4c3Oc3ccccc3O4)cc21.CC1(C)c2ccccc2-c2ccc(N(c3cccc4c3Oc3ccccc3O4)c3ccc4c5c(cccc35)Oc3ccccc3-4)cc21. The number of ether oxygens (including phenoxy) is 5. The molecule has 0 spiro atoms. The Labute approximate surface area is 520 Å². The summed E-state index contributed by atoms with van der Waals surface area (Å²) >= 11 is 0. The average molecular weight is 1170 g/mol. The number of benzene rings is 13. The predicted octanol–water partition coefficient (Wildman–Crippen LogP) is 23.5. The summed E-state index contributed by atoms with van der Waals surface area (Å²) in [6, 6.07) is 92.6. The highest BCUT2D eigenvalue weighted by Crippen LogP contribution is 2.59. The van der Waals surface area contributed by atoms with Crippen LogP contribution < -0.4 is 33.5 Å². The van der Waals surface area contributed by atoms with Gasteiger partial charge in [0.25, 0.3) is 0 Å². The van der Waals surface area contributed by atoms with Gasteiger partial charge in [-0.05, 0) is 159 Å². The molecule has 430 valence electrons. The zero-order chi connectivity index (χ0) is 60.0. The van der Waals surface area contributed by atoms with Gasteiger partial charge in [0.05, 0.1) is 22.7 Å². The standard InChI is InChI=1S/C43H29NO3.C39H27NO3/c1-43(2)32-14-5-3-11-27(32)28-22-21-26(25-33(28)43)44(35-15-10-20-40-42(35)47-38-18-8-7-17-37(38)46-40)34-24-23-30-29-12-4-6-16-36(29)45-39-19-9-13-31(34)41(30)39;1-39(2)30-12-5-3-10-26(30)27-20-18-24(22-31(27)39)40(25-19-21-29-28-11-4-6-14-33(28)41-37(29)23-25)32-13-9-17-36-38(32)43-35-16-8-7-15-34(35)42-36/h3-25H,1-2H3;3-23H,1-2H3. The maximum Gasteiger partial charge on any atom is 0.194 e. The Kier molecular flexibility index (Phi) is 11.2. The molecule has 8 heteroatoms. The molecule has 4 heterocycles. The molecule has 0 radical (unpaired) electrons. The van der Waals surface area contributed by atoms with Gasteiger partial charge in [0.1, 0.15) is 22.7 Å². The van der Waals surface area contributed by atoms with Gasteiger partial charge in [-0.1, -0.05) is 179 Å². The molecule has 5 aliphatic rings. The molecule has 19 rings (SSSR count). The van der Waals surface area contributed by atoms with E-state index in [9.17, 15) is 0 Å². The van der Waals surface area contributed by atoms with E-state index in [2.05, 4.69) is 201 Å². The lowest BCUT2D eigenvalue weighted by molar-refractivity contribution is 0.360. The minimum atomic E-state index is -0.153. The molecule has 0 N–H and O–H groups in total. The van der Waals surface area contributed by atoms with Gasteiger partial charge in [-0.3, -0.25) is 0 Å². The van der Waals surface area contributed by atoms with Crippen LogP contribution in [0.2, 0.25) is 0 Å². The highest BCUT2D eigenvalue weighted by molar-refractivity contribution is 6.12. The molecule has 3 aliphatic heterocycles. The van der Waals surface area contributed by atoms with E-state index in [4.69, 9.17) is 28.1 Å². The first-order valence-electron chi connectivity index (χ1n) is 30.6. The minimum absolute atomic E-state index is 0.134. The zero-order valence-corrected chi connectivity index (χ0v) is 49.7. The number of anilines is 6. The van der Waals surface area contributed by atoms with E-state index < -0.39 is 0 Å². The van der Waals surface area contributed by atoms with Crippen molar-refractivity contribution in [2.75, 3.05) is 9.80 Å². The van der Waals surface area contributed by atoms with Gasteiger partial charge in [0.15, 0.2) is 46.0 Å². The monoisotopic (exact) mass is 1160 g/mol. The number of hydrogen-bond acceptors (Lipinski definition) is 8. The molecule has 0 fully saturated rings. The van der Waals surface area contributed by atoms with Crippen molar-refractivity contribution in [1.82, 2.24) is 0 Å². The molecular formula is C82H56N2O6. The highest BCUT2D eigenvalue weighted by Gasteiger charge is 2.39. The molecule has 0 atom stereocenters. The Hall–Kier alpha value is -11.5. The van der Waals surface area contributed by atoms with Gasteiger partial charge < -0.3 is 37.9 Å². The lowest BCUT2D eigenvalue weighted by Crippen LogP contribution is -2.17. The Balaban J connectivity index is 0.000000134. The predicted molar refractivity (Wildman–Crippen MR) is 361 cm³/mol. The summed E-state index contributed by atoms with van der Waals surface area (Å²) in [6.45, 7) is 9.26. The van der Waals surface area contributed by atoms with Crippen LogP contribution in [0.1, 0.15) is 49.9 Å². The van der Waals surface area contributed by atoms with E-state index in [0.717, 1.165) is 89.5 Å². The summed E-state index contributed by atoms with van der Waals surface area (Å²) in [6.07, 6.45) is 0. The van der Waals surface area contributed by atoms with E-state index in [1.807, 2.05) is 103 Å². The van der Waals surface area contributed by atoms with Crippen LogP contribution in [0.25, 0.3) is 66.1 Å². The van der Waals surface area contributed by atoms with Crippen LogP contribution in [0, 0.1) is 0 Å². The van der Waals surface area contributed by atoms with Crippen molar-refractivity contribution in [3.63, 3.8) is 0 Å². The molecule has 1 aromatic heterocycles. The van der Waals surface area contributed by atoms with E-state index in [1.165, 1.54) is 44.5 Å². The van der Waals surface area contributed by atoms with Crippen molar-refractivity contribution in [3.8, 4) is 90.9 Å². The highest BCUT2D eigenvalue weighted by atomic mass is 16.6. The van der Waals surface area contributed by atoms with E-state index in [-0.39, 0.29) is 10.8 Å². The number of rotatable bonds is 6. The van der Waals surface area contributed by atoms with E-state index in [0.29, 0.717) is 46.0 Å². The summed E-state index contributed by atoms with van der Waals surface area (Å²) in [7, 11) is 0. The topological polar surface area (TPSA) is 65.8 Å². The largest absolute Gasteiger partial charge is 0.456 e. The molecule has 14 aromatic rings. The smallest absolute Gasteiger partial charge is 0.194 e. The lowest BCUT2D eigenvalue weighted by atomic mass is 9.82. The van der Waals surface area contributed by atoms with Gasteiger partial charge in [-0.15, -0.1) is 0 Å². The fraction of sp³-hybridized carbons (Fsp3) is 0.0732. The van der Waals surface area contributed by atoms with E-state index >= 15 is 0 Å². The van der Waals surface area contributed by atoms with Crippen molar-refractivity contribution in [3.05, 3.63) is 289 Å². The van der Waals surface area contributed by atoms with Crippen LogP contribution in [0.5, 0.6) is 57.5 Å². The quantitative estimate of drug-likeness (QED) is 0.163. The molecule has 90 heavy (non-hydrogen) atoms. The van der Waals surface area contributed by atoms with Crippen LogP contribution >= 0.6 is 0 Å². The van der Waals surface area contributed by atoms with Gasteiger partial charge in [-0.2, -0.15) is 0 Å². The van der Waals surface area contributed by atoms with Crippen molar-refractivity contribution in [2.45, 2.75) is 38.5 Å². The summed E-state index contributed by atoms with van der Waals surface area (Å²) in [4.78, 5) is 4.57. The molecule has 0 saturated carbocycles. The Morgan fingerprint density at radius 3 is 1.31 bits per heavy atom. The maximum atomic E-state index is 6.66. The third kappa shape index (κ3) is 7.80. The average Bonchev–Trinajstić information content (AvgIpc) is 1.44. The fourth-order valence-electron chi connectivity index (χ4n) is 14.5. The Morgan fingerprint density at radius 2 is 0.678 bits per heavy atom. The molecule has 13 aromatic carbocycles. The number of fused-ring (bicyclic) bond motifs is 15. The zero-order valence-electron chi connectivity index (χ0n) is 49.7. The third-order valence-electron chi connectivity index (χ3n) is 18.8. The lowest BCUT2D eigenvalue weighted by Gasteiger charge is -2.32. The first-order chi connectivity index (χ1) is 44.1. The fourth-order valence-corrected chi connectivity index (χ4v) is 14.5. The summed E-state index contributed by atoms with van der Waals surface area (Å²) in [5.41, 5.74) is 20.0. The number of hydrogen-bond donors (Lipinski definition) is 0. The van der Waals surface area contributed by atoms with Gasteiger partial charge >= 0.3 is 0 Å². The molecule has 0 bridgehead atoms. The number of para-hydroxylation sites is 8. The maximum absolute atomic E-state index is 6.66. The summed E-state index contributed by atoms with van der Waals surface area (Å²) in [5.74, 6) is 7.24. The first-order valence-corrected chi connectivity index (χ1v) is 30.6. The van der Waals surface area contributed by atoms with Gasteiger partial charge in [0.2, 0.25) is 0 Å². The van der Waals surface area contributed by atoms with Gasteiger partial charge in [-0.25, -0.2) is 0 Å². The summed E-state index contributed by atoms with van der Waals surface area (Å²) in [5, 5.41) is 4.38. The van der Waals surface area contributed by atoms with Crippen molar-refractivity contribution in [2.24, 2.45) is 0 Å². The van der Waals surface area contributed by atoms with Crippen LogP contribution in [-0.4, -0.2) is 0 Å². The first kappa shape index (κ1) is 51.7. The number of furan rings is 1. The van der Waals surface area contributed by atoms with Gasteiger partial charge in [0, 0.05) is 55.4 Å². The van der Waals surface area contributed by atoms with Crippen LogP contribution in [-0.2, 0) is 10.8 Å². The summed E-state index contributed by atoms with van der Waals surface area (Å²) < 4.78 is 38.8. The van der Waals surface area contributed by atoms with Crippen LogP contribution in [0.4, 0.5) is 34.1 Å². The molecule has 8 nitrogen and oxygen atoms in total. The van der Waals surface area contributed by atoms with Crippen LogP contribution in [0.3, 0.4) is 0 Å². The second-order valence-electron chi connectivity index (χ2n) is 24.7. The molecule has 0 unspecified atom stereocenters. The molecule has 0 saturated heterocycles.